The zero-order valence-corrected chi connectivity index (χ0v) is 11.2. The molecule has 0 radical (unpaired) electrons. The number of ether oxygens (including phenoxy) is 1. The normalized spacial score (nSPS) is 10.1. The molecular weight excluding hydrogens is 266 g/mol. The molecule has 0 N–H and O–H groups in total. The fourth-order valence-corrected chi connectivity index (χ4v) is 1.69. The third kappa shape index (κ3) is 4.94. The predicted octanol–water partition coefficient (Wildman–Crippen LogP) is 1.90. The minimum absolute atomic E-state index is 0.135. The van der Waals surface area contributed by atoms with Crippen molar-refractivity contribution in [2.45, 2.75) is 12.8 Å². The van der Waals surface area contributed by atoms with Gasteiger partial charge in [0, 0.05) is 26.3 Å². The van der Waals surface area contributed by atoms with E-state index in [1.165, 1.54) is 18.1 Å². The molecule has 0 saturated heterocycles. The van der Waals surface area contributed by atoms with Crippen LogP contribution in [0.15, 0.2) is 18.2 Å². The van der Waals surface area contributed by atoms with E-state index >= 15 is 0 Å². The minimum Gasteiger partial charge on any atom is -0.383 e. The van der Waals surface area contributed by atoms with Crippen molar-refractivity contribution < 1.29 is 18.3 Å². The van der Waals surface area contributed by atoms with E-state index in [1.54, 1.807) is 0 Å². The lowest BCUT2D eigenvalue weighted by Crippen LogP contribution is -2.36. The fourth-order valence-electron chi connectivity index (χ4n) is 1.69. The van der Waals surface area contributed by atoms with E-state index in [-0.39, 0.29) is 30.9 Å². The summed E-state index contributed by atoms with van der Waals surface area (Å²) in [5.41, 5.74) is 0.135. The Hall–Kier alpha value is -2.00. The molecule has 0 fully saturated rings. The molecule has 0 unspecified atom stereocenters. The fraction of sp³-hybridized carbons (Fsp3) is 0.429. The first-order chi connectivity index (χ1) is 9.58. The smallest absolute Gasteiger partial charge is 0.227 e. The quantitative estimate of drug-likeness (QED) is 0.767. The number of carbonyl (C=O) groups is 1. The summed E-state index contributed by atoms with van der Waals surface area (Å²) in [6.45, 7) is 0.935. The third-order valence-corrected chi connectivity index (χ3v) is 2.77. The van der Waals surface area contributed by atoms with Gasteiger partial charge in [0.15, 0.2) is 0 Å². The van der Waals surface area contributed by atoms with E-state index < -0.39 is 11.6 Å². The van der Waals surface area contributed by atoms with Gasteiger partial charge in [0.2, 0.25) is 5.91 Å². The number of benzene rings is 1. The van der Waals surface area contributed by atoms with Crippen molar-refractivity contribution in [1.82, 2.24) is 4.90 Å². The van der Waals surface area contributed by atoms with E-state index in [2.05, 4.69) is 0 Å². The predicted molar refractivity (Wildman–Crippen MR) is 68.7 cm³/mol. The van der Waals surface area contributed by atoms with Crippen molar-refractivity contribution >= 4 is 5.91 Å². The summed E-state index contributed by atoms with van der Waals surface area (Å²) in [6, 6.07) is 5.06. The minimum atomic E-state index is -0.745. The summed E-state index contributed by atoms with van der Waals surface area (Å²) in [5, 5.41) is 8.57. The molecule has 20 heavy (non-hydrogen) atoms. The molecule has 1 aromatic rings. The highest BCUT2D eigenvalue weighted by atomic mass is 19.1. The van der Waals surface area contributed by atoms with Gasteiger partial charge >= 0.3 is 0 Å². The maximum atomic E-state index is 13.5. The molecule has 4 nitrogen and oxygen atoms in total. The monoisotopic (exact) mass is 282 g/mol. The zero-order chi connectivity index (χ0) is 15.0. The number of amides is 1. The van der Waals surface area contributed by atoms with Gasteiger partial charge in [-0.25, -0.2) is 8.78 Å². The molecule has 0 aliphatic carbocycles. The van der Waals surface area contributed by atoms with E-state index in [0.29, 0.717) is 13.2 Å². The molecule has 0 aliphatic heterocycles. The summed E-state index contributed by atoms with van der Waals surface area (Å²) in [6.07, 6.45) is 0.0304. The van der Waals surface area contributed by atoms with Crippen LogP contribution < -0.4 is 0 Å². The largest absolute Gasteiger partial charge is 0.383 e. The van der Waals surface area contributed by atoms with Gasteiger partial charge in [0.25, 0.3) is 0 Å². The molecule has 0 bridgehead atoms. The van der Waals surface area contributed by atoms with Crippen LogP contribution in [0, 0.1) is 23.0 Å². The second-order valence-corrected chi connectivity index (χ2v) is 4.19. The highest BCUT2D eigenvalue weighted by Crippen LogP contribution is 2.11. The van der Waals surface area contributed by atoms with Crippen LogP contribution in [0.5, 0.6) is 0 Å². The Kier molecular flexibility index (Phi) is 6.60. The first kappa shape index (κ1) is 16.1. The van der Waals surface area contributed by atoms with Gasteiger partial charge in [0.05, 0.1) is 25.5 Å². The van der Waals surface area contributed by atoms with Crippen LogP contribution in [0.3, 0.4) is 0 Å². The molecule has 6 heteroatoms. The lowest BCUT2D eigenvalue weighted by atomic mass is 10.1. The molecule has 1 amide bonds. The zero-order valence-electron chi connectivity index (χ0n) is 11.2. The summed E-state index contributed by atoms with van der Waals surface area (Å²) >= 11 is 0. The molecule has 0 heterocycles. The summed E-state index contributed by atoms with van der Waals surface area (Å²) in [5.74, 6) is -1.74. The lowest BCUT2D eigenvalue weighted by Gasteiger charge is -2.21. The highest BCUT2D eigenvalue weighted by Gasteiger charge is 2.16. The van der Waals surface area contributed by atoms with Crippen LogP contribution in [-0.4, -0.2) is 37.6 Å². The van der Waals surface area contributed by atoms with Crippen LogP contribution in [-0.2, 0) is 16.0 Å². The van der Waals surface area contributed by atoms with Gasteiger partial charge in [-0.2, -0.15) is 5.26 Å². The van der Waals surface area contributed by atoms with Crippen LogP contribution in [0.1, 0.15) is 12.0 Å². The maximum absolute atomic E-state index is 13.5. The van der Waals surface area contributed by atoms with Gasteiger partial charge < -0.3 is 9.64 Å². The van der Waals surface area contributed by atoms with Crippen molar-refractivity contribution in [2.24, 2.45) is 0 Å². The Bertz CT molecular complexity index is 500. The number of hydrogen-bond acceptors (Lipinski definition) is 3. The van der Waals surface area contributed by atoms with Crippen LogP contribution in [0.2, 0.25) is 0 Å². The number of carbonyl (C=O) groups excluding carboxylic acids is 1. The Morgan fingerprint density at radius 2 is 2.15 bits per heavy atom. The standard InChI is InChI=1S/C14H16F2N2O2/c1-20-8-7-18(6-2-5-17)14(19)9-11-3-4-12(15)10-13(11)16/h3-4,10H,2,6-9H2,1H3. The van der Waals surface area contributed by atoms with Crippen molar-refractivity contribution in [3.8, 4) is 6.07 Å². The third-order valence-electron chi connectivity index (χ3n) is 2.77. The number of methoxy groups -OCH3 is 1. The van der Waals surface area contributed by atoms with Crippen molar-refractivity contribution in [1.29, 1.82) is 5.26 Å². The molecule has 0 saturated carbocycles. The summed E-state index contributed by atoms with van der Waals surface area (Å²) < 4.78 is 31.2. The summed E-state index contributed by atoms with van der Waals surface area (Å²) in [4.78, 5) is 13.5. The molecule has 0 spiro atoms. The van der Waals surface area contributed by atoms with E-state index in [1.807, 2.05) is 6.07 Å². The Balaban J connectivity index is 2.71. The molecule has 1 rings (SSSR count). The van der Waals surface area contributed by atoms with Crippen LogP contribution >= 0.6 is 0 Å². The summed E-state index contributed by atoms with van der Waals surface area (Å²) in [7, 11) is 1.51. The molecule has 1 aromatic carbocycles. The van der Waals surface area contributed by atoms with Gasteiger partial charge in [-0.15, -0.1) is 0 Å². The van der Waals surface area contributed by atoms with Crippen molar-refractivity contribution in [2.75, 3.05) is 26.8 Å². The van der Waals surface area contributed by atoms with Crippen molar-refractivity contribution in [3.05, 3.63) is 35.4 Å². The second-order valence-electron chi connectivity index (χ2n) is 4.19. The number of halogens is 2. The average Bonchev–Trinajstić information content (AvgIpc) is 2.42. The number of hydrogen-bond donors (Lipinski definition) is 0. The number of rotatable bonds is 7. The average molecular weight is 282 g/mol. The molecule has 0 aromatic heterocycles. The Morgan fingerprint density at radius 3 is 2.75 bits per heavy atom. The molecule has 0 aliphatic rings. The Labute approximate surface area is 116 Å². The molecule has 0 atom stereocenters. The Morgan fingerprint density at radius 1 is 1.40 bits per heavy atom. The second kappa shape index (κ2) is 8.23. The highest BCUT2D eigenvalue weighted by molar-refractivity contribution is 5.78. The van der Waals surface area contributed by atoms with E-state index in [9.17, 15) is 13.6 Å². The first-order valence-corrected chi connectivity index (χ1v) is 6.16. The first-order valence-electron chi connectivity index (χ1n) is 6.16. The van der Waals surface area contributed by atoms with Crippen LogP contribution in [0.4, 0.5) is 8.78 Å². The maximum Gasteiger partial charge on any atom is 0.227 e. The van der Waals surface area contributed by atoms with E-state index in [0.717, 1.165) is 12.1 Å². The number of nitrogens with zero attached hydrogens (tertiary/aromatic N) is 2. The number of nitriles is 1. The van der Waals surface area contributed by atoms with Gasteiger partial charge in [0.1, 0.15) is 11.6 Å². The lowest BCUT2D eigenvalue weighted by molar-refractivity contribution is -0.131. The van der Waals surface area contributed by atoms with E-state index in [4.69, 9.17) is 10.00 Å². The topological polar surface area (TPSA) is 53.3 Å². The molecular formula is C14H16F2N2O2. The molecule has 108 valence electrons. The van der Waals surface area contributed by atoms with Gasteiger partial charge in [-0.3, -0.25) is 4.79 Å². The van der Waals surface area contributed by atoms with Crippen LogP contribution in [0.25, 0.3) is 0 Å². The van der Waals surface area contributed by atoms with Crippen molar-refractivity contribution in [3.63, 3.8) is 0 Å². The van der Waals surface area contributed by atoms with Gasteiger partial charge in [-0.05, 0) is 11.6 Å². The SMILES string of the molecule is COCCN(CCC#N)C(=O)Cc1ccc(F)cc1F. The van der Waals surface area contributed by atoms with Gasteiger partial charge in [-0.1, -0.05) is 6.07 Å².